The Morgan fingerprint density at radius 3 is 2.41 bits per heavy atom. The minimum absolute atomic E-state index is 0.145. The van der Waals surface area contributed by atoms with Crippen molar-refractivity contribution in [3.05, 3.63) is 76.2 Å². The maximum Gasteiger partial charge on any atom is 0.274 e. The summed E-state index contributed by atoms with van der Waals surface area (Å²) in [4.78, 5) is 24.2. The van der Waals surface area contributed by atoms with Crippen LogP contribution in [-0.2, 0) is 13.6 Å². The van der Waals surface area contributed by atoms with Crippen molar-refractivity contribution < 1.29 is 4.79 Å². The van der Waals surface area contributed by atoms with Gasteiger partial charge < -0.3 is 5.32 Å². The lowest BCUT2D eigenvalue weighted by Crippen LogP contribution is -2.27. The highest BCUT2D eigenvalue weighted by atomic mass is 16.1. The van der Waals surface area contributed by atoms with Crippen molar-refractivity contribution in [2.75, 3.05) is 0 Å². The van der Waals surface area contributed by atoms with Crippen LogP contribution in [0.5, 0.6) is 0 Å². The van der Waals surface area contributed by atoms with Gasteiger partial charge in [0.05, 0.1) is 17.6 Å². The van der Waals surface area contributed by atoms with E-state index in [1.165, 1.54) is 4.68 Å². The van der Waals surface area contributed by atoms with Gasteiger partial charge in [0.2, 0.25) is 0 Å². The molecule has 0 saturated carbocycles. The fourth-order valence-corrected chi connectivity index (χ4v) is 2.36. The van der Waals surface area contributed by atoms with E-state index >= 15 is 0 Å². The standard InChI is InChI=1S/C17H15N3O2/c1-20-17(22)14-10-6-5-9-13(14)15(19-20)11-18-16(21)12-7-3-2-4-8-12/h2-10H,11H2,1H3,(H,18,21). The monoisotopic (exact) mass is 293 g/mol. The van der Waals surface area contributed by atoms with E-state index in [0.717, 1.165) is 5.39 Å². The smallest absolute Gasteiger partial charge is 0.274 e. The third kappa shape index (κ3) is 2.61. The van der Waals surface area contributed by atoms with Crippen LogP contribution in [0.15, 0.2) is 59.4 Å². The van der Waals surface area contributed by atoms with Crippen molar-refractivity contribution in [3.8, 4) is 0 Å². The number of nitrogens with zero attached hydrogens (tertiary/aromatic N) is 2. The molecule has 110 valence electrons. The molecular formula is C17H15N3O2. The molecule has 3 rings (SSSR count). The van der Waals surface area contributed by atoms with Gasteiger partial charge in [-0.3, -0.25) is 9.59 Å². The van der Waals surface area contributed by atoms with Crippen LogP contribution in [0.1, 0.15) is 16.1 Å². The van der Waals surface area contributed by atoms with E-state index in [2.05, 4.69) is 10.4 Å². The van der Waals surface area contributed by atoms with E-state index in [-0.39, 0.29) is 18.0 Å². The largest absolute Gasteiger partial charge is 0.346 e. The molecule has 0 fully saturated rings. The number of nitrogens with one attached hydrogen (secondary N) is 1. The number of aryl methyl sites for hydroxylation is 1. The predicted molar refractivity (Wildman–Crippen MR) is 84.6 cm³/mol. The van der Waals surface area contributed by atoms with Crippen molar-refractivity contribution in [1.29, 1.82) is 0 Å². The number of aromatic nitrogens is 2. The van der Waals surface area contributed by atoms with Crippen LogP contribution >= 0.6 is 0 Å². The minimum atomic E-state index is -0.166. The lowest BCUT2D eigenvalue weighted by atomic mass is 10.1. The summed E-state index contributed by atoms with van der Waals surface area (Å²) in [6.45, 7) is 0.266. The van der Waals surface area contributed by atoms with Gasteiger partial charge in [-0.2, -0.15) is 5.10 Å². The molecule has 22 heavy (non-hydrogen) atoms. The Labute approximate surface area is 127 Å². The van der Waals surface area contributed by atoms with Gasteiger partial charge in [-0.25, -0.2) is 4.68 Å². The minimum Gasteiger partial charge on any atom is -0.346 e. The summed E-state index contributed by atoms with van der Waals surface area (Å²) in [5, 5.41) is 8.46. The Morgan fingerprint density at radius 2 is 1.68 bits per heavy atom. The molecule has 5 nitrogen and oxygen atoms in total. The van der Waals surface area contributed by atoms with Crippen LogP contribution in [0.4, 0.5) is 0 Å². The third-order valence-corrected chi connectivity index (χ3v) is 3.49. The summed E-state index contributed by atoms with van der Waals surface area (Å²) in [5.74, 6) is -0.166. The maximum atomic E-state index is 12.1. The zero-order valence-corrected chi connectivity index (χ0v) is 12.1. The quantitative estimate of drug-likeness (QED) is 0.801. The molecule has 0 spiro atoms. The first-order chi connectivity index (χ1) is 10.7. The fourth-order valence-electron chi connectivity index (χ4n) is 2.36. The van der Waals surface area contributed by atoms with E-state index in [0.29, 0.717) is 16.6 Å². The maximum absolute atomic E-state index is 12.1. The molecule has 0 unspecified atom stereocenters. The number of carbonyl (C=O) groups is 1. The normalized spacial score (nSPS) is 10.6. The molecule has 0 aliphatic heterocycles. The first-order valence-electron chi connectivity index (χ1n) is 6.95. The van der Waals surface area contributed by atoms with E-state index < -0.39 is 0 Å². The summed E-state index contributed by atoms with van der Waals surface area (Å²) >= 11 is 0. The number of rotatable bonds is 3. The molecule has 0 radical (unpaired) electrons. The molecule has 1 heterocycles. The lowest BCUT2D eigenvalue weighted by Gasteiger charge is -2.09. The summed E-state index contributed by atoms with van der Waals surface area (Å²) in [6, 6.07) is 16.3. The summed E-state index contributed by atoms with van der Waals surface area (Å²) in [5.41, 5.74) is 1.12. The summed E-state index contributed by atoms with van der Waals surface area (Å²) < 4.78 is 1.30. The molecule has 1 aromatic heterocycles. The highest BCUT2D eigenvalue weighted by molar-refractivity contribution is 5.94. The van der Waals surface area contributed by atoms with Crippen LogP contribution in [-0.4, -0.2) is 15.7 Å². The Hall–Kier alpha value is -2.95. The SMILES string of the molecule is Cn1nc(CNC(=O)c2ccccc2)c2ccccc2c1=O. The van der Waals surface area contributed by atoms with Crippen LogP contribution in [0.3, 0.4) is 0 Å². The number of hydrogen-bond acceptors (Lipinski definition) is 3. The van der Waals surface area contributed by atoms with E-state index in [1.807, 2.05) is 36.4 Å². The fraction of sp³-hybridized carbons (Fsp3) is 0.118. The second kappa shape index (κ2) is 5.81. The van der Waals surface area contributed by atoms with Gasteiger partial charge >= 0.3 is 0 Å². The Kier molecular flexibility index (Phi) is 3.70. The van der Waals surface area contributed by atoms with Crippen molar-refractivity contribution in [2.24, 2.45) is 7.05 Å². The van der Waals surface area contributed by atoms with Gasteiger partial charge in [-0.15, -0.1) is 0 Å². The Bertz CT molecular complexity index is 885. The average molecular weight is 293 g/mol. The second-order valence-electron chi connectivity index (χ2n) is 4.97. The van der Waals surface area contributed by atoms with Gasteiger partial charge in [0.25, 0.3) is 11.5 Å². The second-order valence-corrected chi connectivity index (χ2v) is 4.97. The highest BCUT2D eigenvalue weighted by Gasteiger charge is 2.10. The van der Waals surface area contributed by atoms with Gasteiger partial charge in [-0.1, -0.05) is 36.4 Å². The number of hydrogen-bond donors (Lipinski definition) is 1. The van der Waals surface area contributed by atoms with E-state index in [1.54, 1.807) is 25.2 Å². The topological polar surface area (TPSA) is 64.0 Å². The Balaban J connectivity index is 1.90. The Morgan fingerprint density at radius 1 is 1.05 bits per heavy atom. The zero-order chi connectivity index (χ0) is 15.5. The number of fused-ring (bicyclic) bond motifs is 1. The highest BCUT2D eigenvalue weighted by Crippen LogP contribution is 2.12. The molecule has 0 aliphatic rings. The molecule has 1 N–H and O–H groups in total. The van der Waals surface area contributed by atoms with Crippen molar-refractivity contribution in [2.45, 2.75) is 6.54 Å². The van der Waals surface area contributed by atoms with E-state index in [4.69, 9.17) is 0 Å². The molecular weight excluding hydrogens is 278 g/mol. The number of benzene rings is 2. The molecule has 0 bridgehead atoms. The molecule has 5 heteroatoms. The average Bonchev–Trinajstić information content (AvgIpc) is 2.57. The van der Waals surface area contributed by atoms with E-state index in [9.17, 15) is 9.59 Å². The molecule has 0 saturated heterocycles. The van der Waals surface area contributed by atoms with Gasteiger partial charge in [0.15, 0.2) is 0 Å². The lowest BCUT2D eigenvalue weighted by molar-refractivity contribution is 0.0950. The molecule has 1 amide bonds. The van der Waals surface area contributed by atoms with Crippen molar-refractivity contribution in [3.63, 3.8) is 0 Å². The molecule has 3 aromatic rings. The first-order valence-corrected chi connectivity index (χ1v) is 6.95. The van der Waals surface area contributed by atoms with Gasteiger partial charge in [0.1, 0.15) is 0 Å². The van der Waals surface area contributed by atoms with Crippen molar-refractivity contribution in [1.82, 2.24) is 15.1 Å². The van der Waals surface area contributed by atoms with Gasteiger partial charge in [-0.05, 0) is 18.2 Å². The third-order valence-electron chi connectivity index (χ3n) is 3.49. The first kappa shape index (κ1) is 14.0. The molecule has 0 atom stereocenters. The van der Waals surface area contributed by atoms with Crippen LogP contribution in [0, 0.1) is 0 Å². The molecule has 0 aliphatic carbocycles. The van der Waals surface area contributed by atoms with Crippen molar-refractivity contribution >= 4 is 16.7 Å². The van der Waals surface area contributed by atoms with Crippen LogP contribution in [0.2, 0.25) is 0 Å². The van der Waals surface area contributed by atoms with Crippen LogP contribution in [0.25, 0.3) is 10.8 Å². The zero-order valence-electron chi connectivity index (χ0n) is 12.1. The van der Waals surface area contributed by atoms with Gasteiger partial charge in [0, 0.05) is 18.0 Å². The number of carbonyl (C=O) groups excluding carboxylic acids is 1. The summed E-state index contributed by atoms with van der Waals surface area (Å²) in [7, 11) is 1.61. The molecule has 2 aromatic carbocycles. The summed E-state index contributed by atoms with van der Waals surface area (Å²) in [6.07, 6.45) is 0. The van der Waals surface area contributed by atoms with Crippen LogP contribution < -0.4 is 10.9 Å². The number of amides is 1. The predicted octanol–water partition coefficient (Wildman–Crippen LogP) is 1.86.